The number of hydrogen-bond donors (Lipinski definition) is 2. The monoisotopic (exact) mass is 424 g/mol. The van der Waals surface area contributed by atoms with E-state index in [-0.39, 0.29) is 0 Å². The molecule has 3 N–H and O–H groups in total. The van der Waals surface area contributed by atoms with Crippen LogP contribution in [0.25, 0.3) is 0 Å². The van der Waals surface area contributed by atoms with Gasteiger partial charge in [0, 0.05) is 42.6 Å². The number of nitrogens with one attached hydrogen (secondary N) is 1. The Balaban J connectivity index is 1.47. The molecule has 0 radical (unpaired) electrons. The molecule has 0 bridgehead atoms. The highest BCUT2D eigenvalue weighted by Crippen LogP contribution is 2.32. The van der Waals surface area contributed by atoms with Gasteiger partial charge < -0.3 is 25.6 Å². The van der Waals surface area contributed by atoms with Crippen LogP contribution in [0.3, 0.4) is 0 Å². The minimum atomic E-state index is 0.537. The molecule has 3 aromatic rings. The summed E-state index contributed by atoms with van der Waals surface area (Å²) in [7, 11) is 1.68. The van der Waals surface area contributed by atoms with Gasteiger partial charge in [-0.15, -0.1) is 0 Å². The van der Waals surface area contributed by atoms with Crippen molar-refractivity contribution in [1.82, 2.24) is 9.97 Å². The summed E-state index contributed by atoms with van der Waals surface area (Å²) in [4.78, 5) is 13.3. The molecule has 0 atom stereocenters. The Kier molecular flexibility index (Phi) is 5.81. The van der Waals surface area contributed by atoms with Crippen molar-refractivity contribution >= 4 is 40.3 Å². The minimum Gasteiger partial charge on any atom is -0.497 e. The van der Waals surface area contributed by atoms with Gasteiger partial charge in [-0.05, 0) is 48.9 Å². The van der Waals surface area contributed by atoms with Gasteiger partial charge >= 0.3 is 0 Å². The predicted octanol–water partition coefficient (Wildman–Crippen LogP) is 4.10. The van der Waals surface area contributed by atoms with Crippen molar-refractivity contribution in [2.45, 2.75) is 6.92 Å². The number of halogens is 1. The van der Waals surface area contributed by atoms with E-state index < -0.39 is 0 Å². The number of piperazine rings is 1. The largest absolute Gasteiger partial charge is 0.497 e. The van der Waals surface area contributed by atoms with E-state index in [1.165, 1.54) is 5.69 Å². The van der Waals surface area contributed by atoms with Crippen LogP contribution in [0.15, 0.2) is 48.8 Å². The lowest BCUT2D eigenvalue weighted by molar-refractivity contribution is 0.415. The molecule has 0 aliphatic carbocycles. The van der Waals surface area contributed by atoms with E-state index in [4.69, 9.17) is 22.1 Å². The van der Waals surface area contributed by atoms with Crippen molar-refractivity contribution in [3.63, 3.8) is 0 Å². The van der Waals surface area contributed by atoms with Crippen molar-refractivity contribution in [3.05, 3.63) is 59.4 Å². The minimum absolute atomic E-state index is 0.537. The first-order valence-corrected chi connectivity index (χ1v) is 10.2. The summed E-state index contributed by atoms with van der Waals surface area (Å²) >= 11 is 6.23. The van der Waals surface area contributed by atoms with E-state index in [0.29, 0.717) is 16.5 Å². The molecule has 7 nitrogen and oxygen atoms in total. The number of benzene rings is 2. The molecule has 1 fully saturated rings. The zero-order valence-corrected chi connectivity index (χ0v) is 17.9. The Hall–Kier alpha value is -3.19. The maximum absolute atomic E-state index is 6.44. The van der Waals surface area contributed by atoms with Crippen molar-refractivity contribution in [2.75, 3.05) is 54.1 Å². The Bertz CT molecular complexity index is 1020. The summed E-state index contributed by atoms with van der Waals surface area (Å²) < 4.78 is 5.24. The number of aromatic nitrogens is 2. The van der Waals surface area contributed by atoms with Crippen LogP contribution >= 0.6 is 11.6 Å². The van der Waals surface area contributed by atoms with Crippen LogP contribution in [0.4, 0.5) is 28.7 Å². The molecule has 1 aromatic heterocycles. The summed E-state index contributed by atoms with van der Waals surface area (Å²) in [5, 5.41) is 3.99. The van der Waals surface area contributed by atoms with Crippen molar-refractivity contribution in [1.29, 1.82) is 0 Å². The van der Waals surface area contributed by atoms with Gasteiger partial charge in [0.1, 0.15) is 17.8 Å². The second-order valence-electron chi connectivity index (χ2n) is 7.17. The molecule has 1 saturated heterocycles. The van der Waals surface area contributed by atoms with Gasteiger partial charge in [-0.1, -0.05) is 17.7 Å². The zero-order valence-electron chi connectivity index (χ0n) is 17.1. The second kappa shape index (κ2) is 8.67. The molecule has 30 heavy (non-hydrogen) atoms. The SMILES string of the molecule is COc1ccc(N2CCN(c3ncnc(Nc4cccc(Cl)c4C)c3N)CC2)cc1. The molecule has 0 amide bonds. The van der Waals surface area contributed by atoms with Crippen LogP contribution < -0.4 is 25.6 Å². The fraction of sp³-hybridized carbons (Fsp3) is 0.273. The number of nitrogen functional groups attached to an aromatic ring is 1. The van der Waals surface area contributed by atoms with Gasteiger partial charge in [0.15, 0.2) is 11.6 Å². The highest BCUT2D eigenvalue weighted by molar-refractivity contribution is 6.31. The van der Waals surface area contributed by atoms with E-state index >= 15 is 0 Å². The topological polar surface area (TPSA) is 79.5 Å². The standard InChI is InChI=1S/C22H25ClN6O/c1-15-18(23)4-3-5-19(15)27-21-20(24)22(26-14-25-21)29-12-10-28(11-13-29)16-6-8-17(30-2)9-7-16/h3-9,14H,10-13,24H2,1-2H3,(H,25,26,27). The highest BCUT2D eigenvalue weighted by atomic mass is 35.5. The van der Waals surface area contributed by atoms with E-state index in [1.807, 2.05) is 37.3 Å². The first kappa shape index (κ1) is 20.1. The fourth-order valence-electron chi connectivity index (χ4n) is 3.58. The molecule has 1 aliphatic heterocycles. The van der Waals surface area contributed by atoms with E-state index in [0.717, 1.165) is 49.0 Å². The molecule has 0 unspecified atom stereocenters. The first-order chi connectivity index (χ1) is 14.6. The molecule has 1 aliphatic rings. The van der Waals surface area contributed by atoms with Crippen LogP contribution in [0.5, 0.6) is 5.75 Å². The van der Waals surface area contributed by atoms with Gasteiger partial charge in [-0.2, -0.15) is 0 Å². The number of nitrogens with zero attached hydrogens (tertiary/aromatic N) is 4. The number of ether oxygens (including phenoxy) is 1. The summed E-state index contributed by atoms with van der Waals surface area (Å²) in [6, 6.07) is 13.9. The van der Waals surface area contributed by atoms with Crippen LogP contribution in [0, 0.1) is 6.92 Å². The quantitative estimate of drug-likeness (QED) is 0.638. The summed E-state index contributed by atoms with van der Waals surface area (Å²) in [5.74, 6) is 2.20. The van der Waals surface area contributed by atoms with E-state index in [1.54, 1.807) is 13.4 Å². The summed E-state index contributed by atoms with van der Waals surface area (Å²) in [6.45, 7) is 5.37. The van der Waals surface area contributed by atoms with Crippen LogP contribution in [-0.2, 0) is 0 Å². The van der Waals surface area contributed by atoms with Gasteiger partial charge in [0.2, 0.25) is 0 Å². The molecule has 0 saturated carbocycles. The summed E-state index contributed by atoms with van der Waals surface area (Å²) in [5.41, 5.74) is 9.99. The number of methoxy groups -OCH3 is 1. The molecule has 2 aromatic carbocycles. The maximum Gasteiger partial charge on any atom is 0.159 e. The third kappa shape index (κ3) is 4.07. The number of hydrogen-bond acceptors (Lipinski definition) is 7. The van der Waals surface area contributed by atoms with Crippen molar-refractivity contribution in [3.8, 4) is 5.75 Å². The molecular formula is C22H25ClN6O. The molecule has 0 spiro atoms. The van der Waals surface area contributed by atoms with Crippen LogP contribution in [0.1, 0.15) is 5.56 Å². The normalized spacial score (nSPS) is 14.0. The van der Waals surface area contributed by atoms with Gasteiger partial charge in [0.25, 0.3) is 0 Å². The Morgan fingerprint density at radius 3 is 2.40 bits per heavy atom. The molecule has 4 rings (SSSR count). The second-order valence-corrected chi connectivity index (χ2v) is 7.58. The smallest absolute Gasteiger partial charge is 0.159 e. The predicted molar refractivity (Wildman–Crippen MR) is 123 cm³/mol. The average Bonchev–Trinajstić information content (AvgIpc) is 2.78. The number of anilines is 5. The zero-order chi connectivity index (χ0) is 21.1. The number of rotatable bonds is 5. The van der Waals surface area contributed by atoms with E-state index in [9.17, 15) is 0 Å². The average molecular weight is 425 g/mol. The lowest BCUT2D eigenvalue weighted by Gasteiger charge is -2.37. The van der Waals surface area contributed by atoms with Gasteiger partial charge in [-0.25, -0.2) is 9.97 Å². The van der Waals surface area contributed by atoms with Gasteiger partial charge in [-0.3, -0.25) is 0 Å². The van der Waals surface area contributed by atoms with Crippen LogP contribution in [0.2, 0.25) is 5.02 Å². The molecule has 2 heterocycles. The molecule has 8 heteroatoms. The molecule has 156 valence electrons. The van der Waals surface area contributed by atoms with Crippen molar-refractivity contribution < 1.29 is 4.74 Å². The Morgan fingerprint density at radius 2 is 1.70 bits per heavy atom. The Labute approximate surface area is 181 Å². The summed E-state index contributed by atoms with van der Waals surface area (Å²) in [6.07, 6.45) is 1.55. The lowest BCUT2D eigenvalue weighted by atomic mass is 10.2. The maximum atomic E-state index is 6.44. The number of nitrogens with two attached hydrogens (primary N) is 1. The third-order valence-corrected chi connectivity index (χ3v) is 5.81. The van der Waals surface area contributed by atoms with Crippen molar-refractivity contribution in [2.24, 2.45) is 0 Å². The lowest BCUT2D eigenvalue weighted by Crippen LogP contribution is -2.47. The highest BCUT2D eigenvalue weighted by Gasteiger charge is 2.22. The Morgan fingerprint density at radius 1 is 1.00 bits per heavy atom. The molecular weight excluding hydrogens is 400 g/mol. The third-order valence-electron chi connectivity index (χ3n) is 5.40. The fourth-order valence-corrected chi connectivity index (χ4v) is 3.75. The van der Waals surface area contributed by atoms with E-state index in [2.05, 4.69) is 37.2 Å². The first-order valence-electron chi connectivity index (χ1n) is 9.83. The van der Waals surface area contributed by atoms with Gasteiger partial charge in [0.05, 0.1) is 7.11 Å². The van der Waals surface area contributed by atoms with Crippen LogP contribution in [-0.4, -0.2) is 43.3 Å².